The summed E-state index contributed by atoms with van der Waals surface area (Å²) in [7, 11) is 1.68. The van der Waals surface area contributed by atoms with Gasteiger partial charge in [0.25, 0.3) is 0 Å². The number of benzene rings is 1. The molecule has 0 aliphatic carbocycles. The lowest BCUT2D eigenvalue weighted by molar-refractivity contribution is 0.181. The van der Waals surface area contributed by atoms with Crippen molar-refractivity contribution >= 4 is 45.7 Å². The van der Waals surface area contributed by atoms with E-state index in [9.17, 15) is 0 Å². The van der Waals surface area contributed by atoms with Crippen molar-refractivity contribution in [2.45, 2.75) is 25.8 Å². The monoisotopic (exact) mass is 555 g/mol. The number of pyridine rings is 1. The summed E-state index contributed by atoms with van der Waals surface area (Å²) < 4.78 is 11.8. The fourth-order valence-electron chi connectivity index (χ4n) is 4.96. The Kier molecular flexibility index (Phi) is 8.93. The Bertz CT molecular complexity index is 1230. The third kappa shape index (κ3) is 6.54. The van der Waals surface area contributed by atoms with Gasteiger partial charge in [0.15, 0.2) is 16.6 Å². The number of halogens is 1. The fourth-order valence-corrected chi connectivity index (χ4v) is 5.33. The van der Waals surface area contributed by atoms with Gasteiger partial charge < -0.3 is 24.6 Å². The van der Waals surface area contributed by atoms with Crippen LogP contribution >= 0.6 is 23.8 Å². The average molecular weight is 556 g/mol. The number of ether oxygens (including phenoxy) is 2. The van der Waals surface area contributed by atoms with Gasteiger partial charge in [0.05, 0.1) is 12.6 Å². The lowest BCUT2D eigenvalue weighted by Crippen LogP contribution is -2.51. The van der Waals surface area contributed by atoms with Crippen LogP contribution in [0.2, 0.25) is 5.15 Å². The predicted octanol–water partition coefficient (Wildman–Crippen LogP) is 3.75. The highest BCUT2D eigenvalue weighted by Gasteiger charge is 2.22. The van der Waals surface area contributed by atoms with E-state index in [1.807, 2.05) is 18.2 Å². The smallest absolute Gasteiger partial charge is 0.169 e. The minimum atomic E-state index is 0.485. The summed E-state index contributed by atoms with van der Waals surface area (Å²) >= 11 is 11.5. The van der Waals surface area contributed by atoms with Gasteiger partial charge in [-0.2, -0.15) is 0 Å². The van der Waals surface area contributed by atoms with Crippen molar-refractivity contribution in [1.82, 2.24) is 30.1 Å². The predicted molar refractivity (Wildman–Crippen MR) is 154 cm³/mol. The molecule has 0 atom stereocenters. The van der Waals surface area contributed by atoms with E-state index < -0.39 is 0 Å². The van der Waals surface area contributed by atoms with Gasteiger partial charge >= 0.3 is 0 Å². The minimum Gasteiger partial charge on any atom is -0.493 e. The van der Waals surface area contributed by atoms with Gasteiger partial charge in [-0.05, 0) is 55.8 Å². The number of anilines is 1. The first-order valence-corrected chi connectivity index (χ1v) is 14.0. The number of nitrogens with one attached hydrogen (secondary N) is 1. The van der Waals surface area contributed by atoms with Crippen LogP contribution in [0.4, 0.5) is 5.82 Å². The highest BCUT2D eigenvalue weighted by molar-refractivity contribution is 7.80. The van der Waals surface area contributed by atoms with Crippen LogP contribution in [-0.2, 0) is 6.54 Å². The molecular formula is C27H34ClN7O2S. The third-order valence-corrected chi connectivity index (χ3v) is 7.74. The van der Waals surface area contributed by atoms with E-state index in [0.717, 1.165) is 79.0 Å². The molecule has 1 aromatic carbocycles. The van der Waals surface area contributed by atoms with E-state index >= 15 is 0 Å². The molecular weight excluding hydrogens is 522 g/mol. The van der Waals surface area contributed by atoms with Crippen molar-refractivity contribution in [2.24, 2.45) is 0 Å². The molecule has 0 spiro atoms. The van der Waals surface area contributed by atoms with Crippen molar-refractivity contribution in [3.63, 3.8) is 0 Å². The lowest BCUT2D eigenvalue weighted by Gasteiger charge is -2.37. The topological polar surface area (TPSA) is 78.9 Å². The highest BCUT2D eigenvalue weighted by Crippen LogP contribution is 2.35. The SMILES string of the molecule is COc1cc2c(N3CCN(C(=S)NCc4ccc(Cl)nc4)CC3)ncnc2cc1OCCN1CCCCC1. The minimum absolute atomic E-state index is 0.485. The van der Waals surface area contributed by atoms with Gasteiger partial charge in [-0.25, -0.2) is 15.0 Å². The van der Waals surface area contributed by atoms with E-state index in [1.54, 1.807) is 25.7 Å². The quantitative estimate of drug-likeness (QED) is 0.328. The summed E-state index contributed by atoms with van der Waals surface area (Å²) in [5.74, 6) is 2.32. The molecule has 3 aromatic rings. The number of likely N-dealkylation sites (tertiary alicyclic amines) is 1. The first kappa shape index (κ1) is 26.6. The molecule has 5 rings (SSSR count). The van der Waals surface area contributed by atoms with Crippen LogP contribution in [-0.4, -0.2) is 89.4 Å². The molecule has 0 amide bonds. The van der Waals surface area contributed by atoms with Gasteiger partial charge in [0.2, 0.25) is 0 Å². The first-order valence-electron chi connectivity index (χ1n) is 13.2. The lowest BCUT2D eigenvalue weighted by atomic mass is 10.1. The number of thiocarbonyl (C=S) groups is 1. The normalized spacial score (nSPS) is 16.5. The van der Waals surface area contributed by atoms with Crippen LogP contribution in [0.1, 0.15) is 24.8 Å². The molecule has 0 radical (unpaired) electrons. The van der Waals surface area contributed by atoms with E-state index in [-0.39, 0.29) is 0 Å². The molecule has 2 aromatic heterocycles. The van der Waals surface area contributed by atoms with Gasteiger partial charge in [-0.1, -0.05) is 24.1 Å². The molecule has 11 heteroatoms. The summed E-state index contributed by atoms with van der Waals surface area (Å²) in [5.41, 5.74) is 1.88. The van der Waals surface area contributed by atoms with Gasteiger partial charge in [0.1, 0.15) is 23.9 Å². The molecule has 9 nitrogen and oxygen atoms in total. The standard InChI is InChI=1S/C27H34ClN7O2S/c1-36-23-15-21-22(16-24(23)37-14-13-33-7-3-2-4-8-33)31-19-32-26(21)34-9-11-35(12-10-34)27(38)30-18-20-5-6-25(28)29-17-20/h5-6,15-17,19H,2-4,7-14,18H2,1H3,(H,30,38). The molecule has 2 fully saturated rings. The Morgan fingerprint density at radius 2 is 1.82 bits per heavy atom. The molecule has 1 N–H and O–H groups in total. The van der Waals surface area contributed by atoms with Crippen LogP contribution in [0.5, 0.6) is 11.5 Å². The number of nitrogens with zero attached hydrogens (tertiary/aromatic N) is 6. The van der Waals surface area contributed by atoms with Crippen LogP contribution in [0, 0.1) is 0 Å². The van der Waals surface area contributed by atoms with Crippen LogP contribution in [0.15, 0.2) is 36.8 Å². The number of piperazine rings is 1. The second kappa shape index (κ2) is 12.7. The van der Waals surface area contributed by atoms with Gasteiger partial charge in [-0.3, -0.25) is 4.90 Å². The molecule has 202 valence electrons. The summed E-state index contributed by atoms with van der Waals surface area (Å²) in [6.45, 7) is 7.67. The summed E-state index contributed by atoms with van der Waals surface area (Å²) in [6.07, 6.45) is 7.27. The highest BCUT2D eigenvalue weighted by atomic mass is 35.5. The first-order chi connectivity index (χ1) is 18.6. The van der Waals surface area contributed by atoms with E-state index in [2.05, 4.69) is 35.0 Å². The second-order valence-corrected chi connectivity index (χ2v) is 10.4. The molecule has 0 bridgehead atoms. The second-order valence-electron chi connectivity index (χ2n) is 9.59. The molecule has 38 heavy (non-hydrogen) atoms. The Labute approximate surface area is 234 Å². The number of rotatable bonds is 8. The molecule has 2 aliphatic heterocycles. The number of hydrogen-bond donors (Lipinski definition) is 1. The van der Waals surface area contributed by atoms with Crippen molar-refractivity contribution in [3.8, 4) is 11.5 Å². The summed E-state index contributed by atoms with van der Waals surface area (Å²) in [6, 6.07) is 7.70. The van der Waals surface area contributed by atoms with Crippen molar-refractivity contribution < 1.29 is 9.47 Å². The van der Waals surface area contributed by atoms with Gasteiger partial charge in [-0.15, -0.1) is 0 Å². The maximum atomic E-state index is 6.15. The number of methoxy groups -OCH3 is 1. The zero-order chi connectivity index (χ0) is 26.3. The Morgan fingerprint density at radius 1 is 1.00 bits per heavy atom. The Morgan fingerprint density at radius 3 is 2.55 bits per heavy atom. The van der Waals surface area contributed by atoms with Crippen molar-refractivity contribution in [3.05, 3.63) is 47.5 Å². The van der Waals surface area contributed by atoms with Crippen LogP contribution in [0.3, 0.4) is 0 Å². The number of aromatic nitrogens is 3. The van der Waals surface area contributed by atoms with Crippen molar-refractivity contribution in [2.75, 3.05) is 64.4 Å². The largest absolute Gasteiger partial charge is 0.493 e. The maximum Gasteiger partial charge on any atom is 0.169 e. The summed E-state index contributed by atoms with van der Waals surface area (Å²) in [5, 5.41) is 5.50. The van der Waals surface area contributed by atoms with E-state index in [1.165, 1.54) is 19.3 Å². The molecule has 0 unspecified atom stereocenters. The number of piperidine rings is 1. The van der Waals surface area contributed by atoms with E-state index in [0.29, 0.717) is 24.1 Å². The van der Waals surface area contributed by atoms with Crippen LogP contribution in [0.25, 0.3) is 10.9 Å². The number of hydrogen-bond acceptors (Lipinski definition) is 8. The zero-order valence-corrected chi connectivity index (χ0v) is 23.3. The molecule has 0 saturated carbocycles. The van der Waals surface area contributed by atoms with Gasteiger partial charge in [0, 0.05) is 56.9 Å². The maximum absolute atomic E-state index is 6.15. The average Bonchev–Trinajstić information content (AvgIpc) is 2.96. The molecule has 4 heterocycles. The van der Waals surface area contributed by atoms with E-state index in [4.69, 9.17) is 33.3 Å². The molecule has 2 aliphatic rings. The third-order valence-electron chi connectivity index (χ3n) is 7.11. The summed E-state index contributed by atoms with van der Waals surface area (Å²) in [4.78, 5) is 20.2. The number of fused-ring (bicyclic) bond motifs is 1. The Hall–Kier alpha value is -2.95. The van der Waals surface area contributed by atoms with Crippen molar-refractivity contribution in [1.29, 1.82) is 0 Å². The van der Waals surface area contributed by atoms with Crippen LogP contribution < -0.4 is 19.7 Å². The zero-order valence-electron chi connectivity index (χ0n) is 21.7. The fraction of sp³-hybridized carbons (Fsp3) is 0.481. The Balaban J connectivity index is 1.20. The molecule has 2 saturated heterocycles.